The number of carbonyl (C=O) groups excluding carboxylic acids is 1. The molecule has 14 heavy (non-hydrogen) atoms. The standard InChI is InChI=1S/C10H13NOS2/c1-11-9-5-2-3-6-10(9)14-13-8-4-7-12/h2-3,5-7,11H,4,8H2,1H3. The van der Waals surface area contributed by atoms with Crippen LogP contribution in [-0.2, 0) is 4.79 Å². The normalized spacial score (nSPS) is 9.79. The second-order valence-electron chi connectivity index (χ2n) is 2.61. The largest absolute Gasteiger partial charge is 0.387 e. The van der Waals surface area contributed by atoms with Crippen molar-refractivity contribution >= 4 is 33.6 Å². The summed E-state index contributed by atoms with van der Waals surface area (Å²) in [5, 5.41) is 3.13. The van der Waals surface area contributed by atoms with E-state index < -0.39 is 0 Å². The first-order chi connectivity index (χ1) is 6.88. The maximum absolute atomic E-state index is 10.1. The number of para-hydroxylation sites is 1. The van der Waals surface area contributed by atoms with Crippen molar-refractivity contribution in [3.63, 3.8) is 0 Å². The topological polar surface area (TPSA) is 29.1 Å². The van der Waals surface area contributed by atoms with Crippen molar-refractivity contribution in [2.45, 2.75) is 11.3 Å². The van der Waals surface area contributed by atoms with Crippen molar-refractivity contribution in [3.8, 4) is 0 Å². The number of carbonyl (C=O) groups is 1. The molecule has 0 saturated carbocycles. The van der Waals surface area contributed by atoms with Crippen molar-refractivity contribution in [1.82, 2.24) is 0 Å². The Balaban J connectivity index is 2.44. The van der Waals surface area contributed by atoms with Crippen molar-refractivity contribution in [2.24, 2.45) is 0 Å². The lowest BCUT2D eigenvalue weighted by Crippen LogP contribution is -1.89. The van der Waals surface area contributed by atoms with Gasteiger partial charge in [-0.15, -0.1) is 0 Å². The summed E-state index contributed by atoms with van der Waals surface area (Å²) in [5.74, 6) is 0.867. The van der Waals surface area contributed by atoms with Crippen LogP contribution in [-0.4, -0.2) is 19.1 Å². The van der Waals surface area contributed by atoms with Crippen molar-refractivity contribution in [1.29, 1.82) is 0 Å². The Labute approximate surface area is 92.2 Å². The van der Waals surface area contributed by atoms with E-state index >= 15 is 0 Å². The Morgan fingerprint density at radius 2 is 2.21 bits per heavy atom. The molecular formula is C10H13NOS2. The summed E-state index contributed by atoms with van der Waals surface area (Å²) in [5.41, 5.74) is 1.14. The van der Waals surface area contributed by atoms with E-state index in [9.17, 15) is 4.79 Å². The van der Waals surface area contributed by atoms with Gasteiger partial charge in [-0.3, -0.25) is 0 Å². The Morgan fingerprint density at radius 1 is 1.43 bits per heavy atom. The molecule has 0 aliphatic heterocycles. The summed E-state index contributed by atoms with van der Waals surface area (Å²) in [6.07, 6.45) is 1.58. The van der Waals surface area contributed by atoms with Crippen LogP contribution in [0.3, 0.4) is 0 Å². The first kappa shape index (κ1) is 11.5. The van der Waals surface area contributed by atoms with Gasteiger partial charge in [0, 0.05) is 29.8 Å². The first-order valence-electron chi connectivity index (χ1n) is 4.38. The van der Waals surface area contributed by atoms with E-state index in [1.807, 2.05) is 25.2 Å². The molecule has 0 bridgehead atoms. The van der Waals surface area contributed by atoms with Gasteiger partial charge in [-0.1, -0.05) is 33.7 Å². The van der Waals surface area contributed by atoms with Crippen molar-refractivity contribution in [2.75, 3.05) is 18.1 Å². The molecule has 1 N–H and O–H groups in total. The molecule has 0 atom stereocenters. The minimum Gasteiger partial charge on any atom is -0.387 e. The number of benzene rings is 1. The summed E-state index contributed by atoms with van der Waals surface area (Å²) in [7, 11) is 5.32. The third-order valence-corrected chi connectivity index (χ3v) is 4.07. The number of hydrogen-bond donors (Lipinski definition) is 1. The first-order valence-corrected chi connectivity index (χ1v) is 6.70. The maximum Gasteiger partial charge on any atom is 0.120 e. The van der Waals surface area contributed by atoms with Crippen LogP contribution in [0, 0.1) is 0 Å². The zero-order chi connectivity index (χ0) is 10.2. The van der Waals surface area contributed by atoms with Crippen LogP contribution in [0.15, 0.2) is 29.2 Å². The molecule has 1 aromatic carbocycles. The number of aldehydes is 1. The average molecular weight is 227 g/mol. The predicted molar refractivity (Wildman–Crippen MR) is 65.0 cm³/mol. The molecule has 0 spiro atoms. The van der Waals surface area contributed by atoms with Crippen LogP contribution in [0.25, 0.3) is 0 Å². The van der Waals surface area contributed by atoms with E-state index in [1.165, 1.54) is 4.90 Å². The highest BCUT2D eigenvalue weighted by molar-refractivity contribution is 8.76. The number of hydrogen-bond acceptors (Lipinski definition) is 4. The zero-order valence-corrected chi connectivity index (χ0v) is 9.66. The summed E-state index contributed by atoms with van der Waals surface area (Å²) < 4.78 is 0. The molecule has 0 saturated heterocycles. The third-order valence-electron chi connectivity index (χ3n) is 1.62. The smallest absolute Gasteiger partial charge is 0.120 e. The second-order valence-corrected chi connectivity index (χ2v) is 5.06. The van der Waals surface area contributed by atoms with Gasteiger partial charge in [0.25, 0.3) is 0 Å². The maximum atomic E-state index is 10.1. The van der Waals surface area contributed by atoms with Gasteiger partial charge < -0.3 is 10.1 Å². The van der Waals surface area contributed by atoms with Gasteiger partial charge in [0.2, 0.25) is 0 Å². The summed E-state index contributed by atoms with van der Waals surface area (Å²) in [6.45, 7) is 0. The minimum absolute atomic E-state index is 0.624. The number of rotatable bonds is 6. The summed E-state index contributed by atoms with van der Waals surface area (Å²) >= 11 is 0. The number of nitrogens with one attached hydrogen (secondary N) is 1. The molecule has 0 heterocycles. The fourth-order valence-electron chi connectivity index (χ4n) is 0.947. The lowest BCUT2D eigenvalue weighted by Gasteiger charge is -2.06. The van der Waals surface area contributed by atoms with E-state index in [0.29, 0.717) is 6.42 Å². The lowest BCUT2D eigenvalue weighted by molar-refractivity contribution is -0.107. The predicted octanol–water partition coefficient (Wildman–Crippen LogP) is 3.06. The van der Waals surface area contributed by atoms with E-state index in [2.05, 4.69) is 11.4 Å². The summed E-state index contributed by atoms with van der Waals surface area (Å²) in [6, 6.07) is 8.14. The molecule has 0 fully saturated rings. The summed E-state index contributed by atoms with van der Waals surface area (Å²) in [4.78, 5) is 11.3. The second kappa shape index (κ2) is 6.79. The monoisotopic (exact) mass is 227 g/mol. The molecule has 0 radical (unpaired) electrons. The molecule has 0 amide bonds. The van der Waals surface area contributed by atoms with Gasteiger partial charge in [0.15, 0.2) is 0 Å². The SMILES string of the molecule is CNc1ccccc1SSCCC=O. The lowest BCUT2D eigenvalue weighted by atomic mass is 10.3. The molecule has 1 aromatic rings. The molecule has 0 aliphatic rings. The Morgan fingerprint density at radius 3 is 2.93 bits per heavy atom. The molecule has 4 heteroatoms. The van der Waals surface area contributed by atoms with Crippen LogP contribution in [0.4, 0.5) is 5.69 Å². The van der Waals surface area contributed by atoms with Crippen LogP contribution in [0.1, 0.15) is 6.42 Å². The fourth-order valence-corrected chi connectivity index (χ4v) is 3.10. The Hall–Kier alpha value is -0.610. The molecule has 2 nitrogen and oxygen atoms in total. The van der Waals surface area contributed by atoms with E-state index in [-0.39, 0.29) is 0 Å². The molecule has 0 unspecified atom stereocenters. The van der Waals surface area contributed by atoms with E-state index in [1.54, 1.807) is 21.6 Å². The Bertz CT molecular complexity index is 291. The number of anilines is 1. The highest BCUT2D eigenvalue weighted by Gasteiger charge is 1.99. The molecule has 0 aliphatic carbocycles. The van der Waals surface area contributed by atoms with Crippen LogP contribution in [0.2, 0.25) is 0 Å². The Kier molecular flexibility index (Phi) is 5.56. The van der Waals surface area contributed by atoms with Gasteiger partial charge in [-0.25, -0.2) is 0 Å². The van der Waals surface area contributed by atoms with Crippen LogP contribution < -0.4 is 5.32 Å². The van der Waals surface area contributed by atoms with Crippen molar-refractivity contribution < 1.29 is 4.79 Å². The van der Waals surface area contributed by atoms with Crippen LogP contribution in [0.5, 0.6) is 0 Å². The molecular weight excluding hydrogens is 214 g/mol. The van der Waals surface area contributed by atoms with Gasteiger partial charge in [-0.05, 0) is 12.1 Å². The molecule has 0 aromatic heterocycles. The highest BCUT2D eigenvalue weighted by atomic mass is 33.1. The van der Waals surface area contributed by atoms with Gasteiger partial charge in [-0.2, -0.15) is 0 Å². The highest BCUT2D eigenvalue weighted by Crippen LogP contribution is 2.35. The molecule has 76 valence electrons. The minimum atomic E-state index is 0.624. The van der Waals surface area contributed by atoms with Gasteiger partial charge in [0.1, 0.15) is 6.29 Å². The molecule has 1 rings (SSSR count). The van der Waals surface area contributed by atoms with Crippen molar-refractivity contribution in [3.05, 3.63) is 24.3 Å². The average Bonchev–Trinajstić information content (AvgIpc) is 2.25. The van der Waals surface area contributed by atoms with E-state index in [4.69, 9.17) is 0 Å². The fraction of sp³-hybridized carbons (Fsp3) is 0.300. The van der Waals surface area contributed by atoms with Gasteiger partial charge in [0.05, 0.1) is 0 Å². The van der Waals surface area contributed by atoms with E-state index in [0.717, 1.165) is 17.7 Å². The zero-order valence-electron chi connectivity index (χ0n) is 8.03. The van der Waals surface area contributed by atoms with Gasteiger partial charge >= 0.3 is 0 Å². The quantitative estimate of drug-likeness (QED) is 0.459. The van der Waals surface area contributed by atoms with Crippen LogP contribution >= 0.6 is 21.6 Å². The third kappa shape index (κ3) is 3.64.